The number of nitrogens with zero attached hydrogens (tertiary/aromatic N) is 1. The van der Waals surface area contributed by atoms with Gasteiger partial charge in [-0.15, -0.1) is 11.3 Å². The molecule has 11 heteroatoms. The van der Waals surface area contributed by atoms with E-state index in [1.165, 1.54) is 32.4 Å². The molecular weight excluding hydrogens is 396 g/mol. The number of carbonyl (C=O) groups excluding carboxylic acids is 3. The molecule has 0 radical (unpaired) electrons. The number of rotatable bonds is 7. The molecule has 9 nitrogen and oxygen atoms in total. The molecule has 0 unspecified atom stereocenters. The number of carbonyl (C=O) groups is 3. The lowest BCUT2D eigenvalue weighted by Crippen LogP contribution is -2.33. The summed E-state index contributed by atoms with van der Waals surface area (Å²) in [6.07, 6.45) is 0. The Bertz CT molecular complexity index is 939. The van der Waals surface area contributed by atoms with E-state index in [-0.39, 0.29) is 10.5 Å². The minimum atomic E-state index is -3.94. The molecule has 1 aromatic heterocycles. The highest BCUT2D eigenvalue weighted by Gasteiger charge is 2.22. The van der Waals surface area contributed by atoms with Gasteiger partial charge < -0.3 is 4.74 Å². The van der Waals surface area contributed by atoms with Crippen molar-refractivity contribution in [3.05, 3.63) is 52.2 Å². The van der Waals surface area contributed by atoms with Gasteiger partial charge in [-0.25, -0.2) is 13.2 Å². The fourth-order valence-corrected chi connectivity index (χ4v) is 3.52. The zero-order valence-corrected chi connectivity index (χ0v) is 16.0. The van der Waals surface area contributed by atoms with Gasteiger partial charge in [-0.3, -0.25) is 19.7 Å². The Hall–Kier alpha value is -2.60. The molecule has 2 rings (SSSR count). The monoisotopic (exact) mass is 412 g/mol. The van der Waals surface area contributed by atoms with Crippen molar-refractivity contribution in [2.24, 2.45) is 0 Å². The van der Waals surface area contributed by atoms with Crippen LogP contribution in [0.15, 0.2) is 46.7 Å². The van der Waals surface area contributed by atoms with Crippen LogP contribution in [0, 0.1) is 0 Å². The average molecular weight is 412 g/mol. The molecule has 2 amide bonds. The van der Waals surface area contributed by atoms with E-state index < -0.39 is 34.4 Å². The molecule has 1 heterocycles. The Labute approximate surface area is 159 Å². The second-order valence-electron chi connectivity index (χ2n) is 5.06. The van der Waals surface area contributed by atoms with Crippen molar-refractivity contribution in [1.29, 1.82) is 0 Å². The molecule has 27 heavy (non-hydrogen) atoms. The average Bonchev–Trinajstić information content (AvgIpc) is 3.20. The molecule has 0 saturated carbocycles. The van der Waals surface area contributed by atoms with Crippen LogP contribution in [0.5, 0.6) is 0 Å². The number of esters is 1. The zero-order chi connectivity index (χ0) is 20.0. The number of thiophene rings is 1. The molecule has 1 N–H and O–H groups in total. The van der Waals surface area contributed by atoms with E-state index >= 15 is 0 Å². The third-order valence-electron chi connectivity index (χ3n) is 3.30. The number of amides is 2. The molecule has 2 aromatic rings. The summed E-state index contributed by atoms with van der Waals surface area (Å²) in [5, 5.41) is 3.77. The predicted molar refractivity (Wildman–Crippen MR) is 95.5 cm³/mol. The summed E-state index contributed by atoms with van der Waals surface area (Å²) >= 11 is 1.16. The number of hydrogen-bond acceptors (Lipinski definition) is 8. The zero-order valence-electron chi connectivity index (χ0n) is 14.4. The first-order valence-electron chi connectivity index (χ1n) is 7.43. The van der Waals surface area contributed by atoms with E-state index in [0.29, 0.717) is 9.35 Å². The SMILES string of the molecule is CON(C)S(=O)(=O)c1cccc(C(=O)OCC(=O)NC(=O)c2cccs2)c1. The second kappa shape index (κ2) is 8.86. The number of hydrogen-bond donors (Lipinski definition) is 1. The molecule has 0 aliphatic heterocycles. The first-order chi connectivity index (χ1) is 12.8. The number of ether oxygens (including phenoxy) is 1. The lowest BCUT2D eigenvalue weighted by molar-refractivity contribution is -0.123. The van der Waals surface area contributed by atoms with Gasteiger partial charge in [0, 0.05) is 7.05 Å². The first-order valence-corrected chi connectivity index (χ1v) is 9.75. The molecule has 0 saturated heterocycles. The maximum absolute atomic E-state index is 12.2. The summed E-state index contributed by atoms with van der Waals surface area (Å²) < 4.78 is 29.8. The molecule has 0 atom stereocenters. The largest absolute Gasteiger partial charge is 0.452 e. The van der Waals surface area contributed by atoms with Crippen LogP contribution in [0.3, 0.4) is 0 Å². The van der Waals surface area contributed by atoms with Crippen LogP contribution in [-0.2, 0) is 24.4 Å². The van der Waals surface area contributed by atoms with Gasteiger partial charge in [-0.05, 0) is 29.6 Å². The lowest BCUT2D eigenvalue weighted by atomic mass is 10.2. The second-order valence-corrected chi connectivity index (χ2v) is 7.94. The smallest absolute Gasteiger partial charge is 0.338 e. The summed E-state index contributed by atoms with van der Waals surface area (Å²) in [6.45, 7) is -0.690. The standard InChI is InChI=1S/C16H16N2O7S2/c1-18(24-2)27(22,23)12-6-3-5-11(9-12)16(21)25-10-14(19)17-15(20)13-7-4-8-26-13/h3-9H,10H2,1-2H3,(H,17,19,20). The molecule has 0 spiro atoms. The number of imide groups is 1. The van der Waals surface area contributed by atoms with Gasteiger partial charge in [-0.1, -0.05) is 16.6 Å². The minimum absolute atomic E-state index is 0.0713. The van der Waals surface area contributed by atoms with Crippen molar-refractivity contribution in [3.63, 3.8) is 0 Å². The van der Waals surface area contributed by atoms with E-state index in [0.717, 1.165) is 17.4 Å². The Morgan fingerprint density at radius 3 is 2.56 bits per heavy atom. The van der Waals surface area contributed by atoms with Crippen molar-refractivity contribution in [3.8, 4) is 0 Å². The normalized spacial score (nSPS) is 11.2. The van der Waals surface area contributed by atoms with Gasteiger partial charge in [0.1, 0.15) is 0 Å². The maximum Gasteiger partial charge on any atom is 0.338 e. The number of hydroxylamine groups is 1. The van der Waals surface area contributed by atoms with Crippen LogP contribution in [0.4, 0.5) is 0 Å². The topological polar surface area (TPSA) is 119 Å². The molecule has 0 fully saturated rings. The van der Waals surface area contributed by atoms with E-state index in [2.05, 4.69) is 10.2 Å². The lowest BCUT2D eigenvalue weighted by Gasteiger charge is -2.14. The Kier molecular flexibility index (Phi) is 6.80. The Balaban J connectivity index is 1.99. The van der Waals surface area contributed by atoms with Crippen molar-refractivity contribution in [1.82, 2.24) is 9.79 Å². The van der Waals surface area contributed by atoms with Crippen molar-refractivity contribution in [2.75, 3.05) is 20.8 Å². The quantitative estimate of drug-likeness (QED) is 0.533. The van der Waals surface area contributed by atoms with Crippen molar-refractivity contribution in [2.45, 2.75) is 4.90 Å². The third kappa shape index (κ3) is 5.20. The van der Waals surface area contributed by atoms with Gasteiger partial charge in [-0.2, -0.15) is 0 Å². The minimum Gasteiger partial charge on any atom is -0.452 e. The van der Waals surface area contributed by atoms with Gasteiger partial charge in [0.15, 0.2) is 6.61 Å². The van der Waals surface area contributed by atoms with Gasteiger partial charge in [0.05, 0.1) is 22.4 Å². The number of nitrogens with one attached hydrogen (secondary N) is 1. The van der Waals surface area contributed by atoms with Gasteiger partial charge in [0.25, 0.3) is 21.8 Å². The molecule has 0 aliphatic rings. The number of sulfonamides is 1. The summed E-state index contributed by atoms with van der Waals surface area (Å²) in [5.41, 5.74) is -0.0713. The summed E-state index contributed by atoms with van der Waals surface area (Å²) in [5.74, 6) is -2.31. The van der Waals surface area contributed by atoms with Crippen LogP contribution in [0.25, 0.3) is 0 Å². The fourth-order valence-electron chi connectivity index (χ4n) is 1.88. The van der Waals surface area contributed by atoms with Crippen molar-refractivity contribution < 1.29 is 32.4 Å². The van der Waals surface area contributed by atoms with Crippen LogP contribution in [0.1, 0.15) is 20.0 Å². The highest BCUT2D eigenvalue weighted by atomic mass is 32.2. The van der Waals surface area contributed by atoms with E-state index in [1.54, 1.807) is 17.5 Å². The molecule has 144 valence electrons. The molecular formula is C16H16N2O7S2. The summed E-state index contributed by atoms with van der Waals surface area (Å²) in [4.78, 5) is 40.3. The third-order valence-corrected chi connectivity index (χ3v) is 5.84. The maximum atomic E-state index is 12.2. The Morgan fingerprint density at radius 2 is 1.93 bits per heavy atom. The van der Waals surface area contributed by atoms with E-state index in [9.17, 15) is 22.8 Å². The van der Waals surface area contributed by atoms with Crippen LogP contribution >= 0.6 is 11.3 Å². The molecule has 0 aliphatic carbocycles. The fraction of sp³-hybridized carbons (Fsp3) is 0.188. The summed E-state index contributed by atoms with van der Waals surface area (Å²) in [7, 11) is -1.55. The summed E-state index contributed by atoms with van der Waals surface area (Å²) in [6, 6.07) is 8.28. The van der Waals surface area contributed by atoms with Gasteiger partial charge >= 0.3 is 5.97 Å². The first kappa shape index (κ1) is 20.7. The Morgan fingerprint density at radius 1 is 1.19 bits per heavy atom. The van der Waals surface area contributed by atoms with E-state index in [4.69, 9.17) is 4.74 Å². The number of benzene rings is 1. The molecule has 0 bridgehead atoms. The predicted octanol–water partition coefficient (Wildman–Crippen LogP) is 1.04. The van der Waals surface area contributed by atoms with Crippen LogP contribution in [0.2, 0.25) is 0 Å². The highest BCUT2D eigenvalue weighted by molar-refractivity contribution is 7.89. The molecule has 1 aromatic carbocycles. The van der Waals surface area contributed by atoms with Crippen LogP contribution < -0.4 is 5.32 Å². The van der Waals surface area contributed by atoms with Crippen molar-refractivity contribution >= 4 is 39.1 Å². The van der Waals surface area contributed by atoms with Crippen LogP contribution in [-0.4, -0.2) is 51.4 Å². The van der Waals surface area contributed by atoms with E-state index in [1.807, 2.05) is 0 Å². The van der Waals surface area contributed by atoms with Gasteiger partial charge in [0.2, 0.25) is 0 Å². The highest BCUT2D eigenvalue weighted by Crippen LogP contribution is 2.16.